The summed E-state index contributed by atoms with van der Waals surface area (Å²) in [7, 11) is 0. The van der Waals surface area contributed by atoms with Gasteiger partial charge in [0.05, 0.1) is 17.7 Å². The van der Waals surface area contributed by atoms with Gasteiger partial charge in [-0.1, -0.05) is 19.4 Å². The Balaban J connectivity index is 1.85. The number of hydrogen-bond donors (Lipinski definition) is 1. The zero-order valence-electron chi connectivity index (χ0n) is 13.3. The van der Waals surface area contributed by atoms with Crippen LogP contribution in [0.4, 0.5) is 0 Å². The first kappa shape index (κ1) is 15.7. The first-order valence-electron chi connectivity index (χ1n) is 7.83. The quantitative estimate of drug-likeness (QED) is 0.784. The van der Waals surface area contributed by atoms with Crippen LogP contribution in [-0.4, -0.2) is 20.5 Å². The highest BCUT2D eigenvalue weighted by atomic mass is 16.1. The molecule has 0 fully saturated rings. The van der Waals surface area contributed by atoms with Crippen LogP contribution in [0, 0.1) is 11.3 Å². The average Bonchev–Trinajstić information content (AvgIpc) is 3.05. The van der Waals surface area contributed by atoms with Gasteiger partial charge >= 0.3 is 0 Å². The maximum atomic E-state index is 12.5. The van der Waals surface area contributed by atoms with Crippen LogP contribution in [0.5, 0.6) is 0 Å². The molecule has 0 aliphatic carbocycles. The Labute approximate surface area is 139 Å². The molecule has 1 atom stereocenters. The normalized spacial score (nSPS) is 11.8. The lowest BCUT2D eigenvalue weighted by Crippen LogP contribution is -2.29. The minimum absolute atomic E-state index is 0.189. The molecule has 1 amide bonds. The SMILES string of the molecule is CCC[C@@H](NC(=O)c1ccc(C#N)cc1)c1nnc2ccccn12. The van der Waals surface area contributed by atoms with Gasteiger partial charge in [0.15, 0.2) is 11.5 Å². The number of rotatable bonds is 5. The summed E-state index contributed by atoms with van der Waals surface area (Å²) in [4.78, 5) is 12.5. The number of fused-ring (bicyclic) bond motifs is 1. The molecule has 0 bridgehead atoms. The minimum atomic E-state index is -0.226. The predicted molar refractivity (Wildman–Crippen MR) is 89.3 cm³/mol. The minimum Gasteiger partial charge on any atom is -0.342 e. The molecule has 3 aromatic rings. The Hall–Kier alpha value is -3.20. The number of aromatic nitrogens is 3. The van der Waals surface area contributed by atoms with Gasteiger partial charge in [-0.05, 0) is 42.8 Å². The lowest BCUT2D eigenvalue weighted by Gasteiger charge is -2.16. The number of pyridine rings is 1. The molecule has 3 rings (SSSR count). The number of nitrogens with one attached hydrogen (secondary N) is 1. The molecule has 6 heteroatoms. The number of nitriles is 1. The summed E-state index contributed by atoms with van der Waals surface area (Å²) in [5.74, 6) is 0.528. The molecular weight excluding hydrogens is 302 g/mol. The van der Waals surface area contributed by atoms with Gasteiger partial charge in [0, 0.05) is 11.8 Å². The molecule has 1 aromatic carbocycles. The number of nitrogens with zero attached hydrogens (tertiary/aromatic N) is 4. The Bertz CT molecular complexity index is 892. The van der Waals surface area contributed by atoms with Crippen molar-refractivity contribution in [3.8, 4) is 6.07 Å². The highest BCUT2D eigenvalue weighted by Crippen LogP contribution is 2.18. The summed E-state index contributed by atoms with van der Waals surface area (Å²) in [5, 5.41) is 20.3. The van der Waals surface area contributed by atoms with E-state index >= 15 is 0 Å². The maximum Gasteiger partial charge on any atom is 0.251 e. The molecule has 2 heterocycles. The van der Waals surface area contributed by atoms with Gasteiger partial charge in [0.2, 0.25) is 0 Å². The monoisotopic (exact) mass is 319 g/mol. The van der Waals surface area contributed by atoms with Crippen molar-refractivity contribution in [3.05, 3.63) is 65.6 Å². The molecule has 6 nitrogen and oxygen atoms in total. The highest BCUT2D eigenvalue weighted by Gasteiger charge is 2.20. The average molecular weight is 319 g/mol. The van der Waals surface area contributed by atoms with Crippen LogP contribution in [0.3, 0.4) is 0 Å². The number of carbonyl (C=O) groups excluding carboxylic acids is 1. The van der Waals surface area contributed by atoms with Crippen LogP contribution in [0.15, 0.2) is 48.7 Å². The van der Waals surface area contributed by atoms with E-state index in [0.717, 1.165) is 24.3 Å². The van der Waals surface area contributed by atoms with Crippen LogP contribution in [-0.2, 0) is 0 Å². The summed E-state index contributed by atoms with van der Waals surface area (Å²) in [6, 6.07) is 14.1. The van der Waals surface area contributed by atoms with Crippen molar-refractivity contribution in [2.45, 2.75) is 25.8 Å². The number of carbonyl (C=O) groups is 1. The maximum absolute atomic E-state index is 12.5. The van der Waals surface area contributed by atoms with Crippen LogP contribution >= 0.6 is 0 Å². The molecular formula is C18H17N5O. The zero-order chi connectivity index (χ0) is 16.9. The third-order valence-corrected chi connectivity index (χ3v) is 3.81. The summed E-state index contributed by atoms with van der Waals surface area (Å²) in [6.07, 6.45) is 3.55. The largest absolute Gasteiger partial charge is 0.342 e. The van der Waals surface area contributed by atoms with E-state index in [1.54, 1.807) is 24.3 Å². The van der Waals surface area contributed by atoms with E-state index < -0.39 is 0 Å². The van der Waals surface area contributed by atoms with Crippen molar-refractivity contribution < 1.29 is 4.79 Å². The standard InChI is InChI=1S/C18H17N5O/c1-2-5-15(17-22-21-16-6-3-4-11-23(16)17)20-18(24)14-9-7-13(12-19)8-10-14/h3-4,6-11,15H,2,5H2,1H3,(H,20,24)/t15-/m1/s1. The van der Waals surface area contributed by atoms with Crippen molar-refractivity contribution in [2.24, 2.45) is 0 Å². The summed E-state index contributed by atoms with van der Waals surface area (Å²) in [5.41, 5.74) is 1.80. The summed E-state index contributed by atoms with van der Waals surface area (Å²) < 4.78 is 1.89. The molecule has 0 aliphatic heterocycles. The van der Waals surface area contributed by atoms with E-state index in [4.69, 9.17) is 5.26 Å². The van der Waals surface area contributed by atoms with Crippen LogP contribution in [0.1, 0.15) is 47.6 Å². The van der Waals surface area contributed by atoms with Crippen molar-refractivity contribution in [1.82, 2.24) is 19.9 Å². The fourth-order valence-electron chi connectivity index (χ4n) is 2.59. The van der Waals surface area contributed by atoms with Crippen LogP contribution in [0.2, 0.25) is 0 Å². The molecule has 24 heavy (non-hydrogen) atoms. The van der Waals surface area contributed by atoms with Crippen molar-refractivity contribution in [2.75, 3.05) is 0 Å². The summed E-state index contributed by atoms with van der Waals surface area (Å²) >= 11 is 0. The molecule has 0 radical (unpaired) electrons. The predicted octanol–water partition coefficient (Wildman–Crippen LogP) is 2.87. The van der Waals surface area contributed by atoms with E-state index in [1.807, 2.05) is 34.9 Å². The van der Waals surface area contributed by atoms with E-state index in [1.165, 1.54) is 0 Å². The molecule has 0 spiro atoms. The van der Waals surface area contributed by atoms with Crippen molar-refractivity contribution in [3.63, 3.8) is 0 Å². The number of hydrogen-bond acceptors (Lipinski definition) is 4. The van der Waals surface area contributed by atoms with E-state index in [0.29, 0.717) is 11.1 Å². The first-order valence-corrected chi connectivity index (χ1v) is 7.83. The van der Waals surface area contributed by atoms with Gasteiger partial charge in [-0.25, -0.2) is 0 Å². The van der Waals surface area contributed by atoms with Crippen LogP contribution < -0.4 is 5.32 Å². The first-order chi connectivity index (χ1) is 11.7. The molecule has 1 N–H and O–H groups in total. The third kappa shape index (κ3) is 3.10. The second-order valence-electron chi connectivity index (χ2n) is 5.49. The molecule has 120 valence electrons. The molecule has 2 aromatic heterocycles. The van der Waals surface area contributed by atoms with Gasteiger partial charge in [0.25, 0.3) is 5.91 Å². The topological polar surface area (TPSA) is 83.1 Å². The van der Waals surface area contributed by atoms with Gasteiger partial charge in [-0.2, -0.15) is 5.26 Å². The van der Waals surface area contributed by atoms with Gasteiger partial charge in [-0.3, -0.25) is 9.20 Å². The fraction of sp³-hybridized carbons (Fsp3) is 0.222. The molecule has 0 unspecified atom stereocenters. The second kappa shape index (κ2) is 6.92. The molecule has 0 saturated carbocycles. The smallest absolute Gasteiger partial charge is 0.251 e. The van der Waals surface area contributed by atoms with Crippen molar-refractivity contribution >= 4 is 11.6 Å². The van der Waals surface area contributed by atoms with Gasteiger partial charge in [0.1, 0.15) is 0 Å². The molecule has 0 saturated heterocycles. The zero-order valence-corrected chi connectivity index (χ0v) is 13.3. The Kier molecular flexibility index (Phi) is 4.52. The van der Waals surface area contributed by atoms with Gasteiger partial charge < -0.3 is 5.32 Å². The number of benzene rings is 1. The van der Waals surface area contributed by atoms with E-state index in [-0.39, 0.29) is 11.9 Å². The van der Waals surface area contributed by atoms with E-state index in [2.05, 4.69) is 22.4 Å². The second-order valence-corrected chi connectivity index (χ2v) is 5.49. The van der Waals surface area contributed by atoms with E-state index in [9.17, 15) is 4.79 Å². The lowest BCUT2D eigenvalue weighted by molar-refractivity contribution is 0.0932. The van der Waals surface area contributed by atoms with Crippen LogP contribution in [0.25, 0.3) is 5.65 Å². The lowest BCUT2D eigenvalue weighted by atomic mass is 10.1. The Morgan fingerprint density at radius 1 is 1.25 bits per heavy atom. The Morgan fingerprint density at radius 2 is 2.04 bits per heavy atom. The van der Waals surface area contributed by atoms with Gasteiger partial charge in [-0.15, -0.1) is 10.2 Å². The fourth-order valence-corrected chi connectivity index (χ4v) is 2.59. The Morgan fingerprint density at radius 3 is 2.75 bits per heavy atom. The molecule has 0 aliphatic rings. The number of amides is 1. The third-order valence-electron chi connectivity index (χ3n) is 3.81. The summed E-state index contributed by atoms with van der Waals surface area (Å²) in [6.45, 7) is 2.06. The highest BCUT2D eigenvalue weighted by molar-refractivity contribution is 5.94. The van der Waals surface area contributed by atoms with Crippen molar-refractivity contribution in [1.29, 1.82) is 5.26 Å².